The summed E-state index contributed by atoms with van der Waals surface area (Å²) in [6.07, 6.45) is 9.84. The molecule has 0 aliphatic heterocycles. The number of hydrogen-bond acceptors (Lipinski definition) is 2. The van der Waals surface area contributed by atoms with Crippen molar-refractivity contribution in [2.75, 3.05) is 6.54 Å². The Kier molecular flexibility index (Phi) is 9.85. The smallest absolute Gasteiger partial charge is 0.132 e. The molecule has 1 unspecified atom stereocenters. The molecule has 112 valence electrons. The molecule has 0 aliphatic carbocycles. The van der Waals surface area contributed by atoms with E-state index in [1.54, 1.807) is 0 Å². The molecular weight excluding hydrogens is 234 g/mol. The zero-order valence-corrected chi connectivity index (χ0v) is 13.2. The first-order chi connectivity index (χ1) is 8.91. The minimum atomic E-state index is 0.254. The molecule has 0 fully saturated rings. The van der Waals surface area contributed by atoms with Gasteiger partial charge >= 0.3 is 0 Å². The molecule has 0 aliphatic rings. The number of Topliss-reactive ketones (excluding diaryl/α,β-unsaturated/α-hetero) is 1. The number of hydrogen-bond donors (Lipinski definition) is 1. The van der Waals surface area contributed by atoms with Crippen molar-refractivity contribution in [3.63, 3.8) is 0 Å². The standard InChI is InChI=1S/C17H33NO/c1-5-6-7-8-9-10-16(19)12-11-15(13-14-18)17(2,3)4/h5,15H,1,6-14,18H2,2-4H3. The molecule has 0 aromatic rings. The molecule has 0 aromatic heterocycles. The van der Waals surface area contributed by atoms with Crippen LogP contribution in [0.5, 0.6) is 0 Å². The van der Waals surface area contributed by atoms with Gasteiger partial charge in [0.05, 0.1) is 0 Å². The molecule has 0 spiro atoms. The van der Waals surface area contributed by atoms with Gasteiger partial charge in [-0.05, 0) is 50.0 Å². The average molecular weight is 267 g/mol. The van der Waals surface area contributed by atoms with Crippen LogP contribution in [0.15, 0.2) is 12.7 Å². The Labute approximate surface area is 119 Å². The summed E-state index contributed by atoms with van der Waals surface area (Å²) in [5.74, 6) is 0.979. The molecule has 0 saturated heterocycles. The van der Waals surface area contributed by atoms with Gasteiger partial charge in [-0.15, -0.1) is 6.58 Å². The normalized spacial score (nSPS) is 13.3. The zero-order valence-electron chi connectivity index (χ0n) is 13.2. The van der Waals surface area contributed by atoms with Crippen LogP contribution in [0.3, 0.4) is 0 Å². The van der Waals surface area contributed by atoms with Crippen molar-refractivity contribution in [3.05, 3.63) is 12.7 Å². The third-order valence-electron chi connectivity index (χ3n) is 3.88. The van der Waals surface area contributed by atoms with Crippen LogP contribution < -0.4 is 5.73 Å². The molecule has 19 heavy (non-hydrogen) atoms. The van der Waals surface area contributed by atoms with Crippen molar-refractivity contribution < 1.29 is 4.79 Å². The summed E-state index contributed by atoms with van der Waals surface area (Å²) in [6.45, 7) is 11.2. The highest BCUT2D eigenvalue weighted by atomic mass is 16.1. The van der Waals surface area contributed by atoms with Crippen molar-refractivity contribution in [1.29, 1.82) is 0 Å². The molecule has 0 heterocycles. The Morgan fingerprint density at radius 2 is 1.84 bits per heavy atom. The van der Waals surface area contributed by atoms with Crippen LogP contribution in [0, 0.1) is 11.3 Å². The average Bonchev–Trinajstić information content (AvgIpc) is 2.32. The third kappa shape index (κ3) is 9.89. The lowest BCUT2D eigenvalue weighted by molar-refractivity contribution is -0.119. The fourth-order valence-corrected chi connectivity index (χ4v) is 2.46. The second-order valence-corrected chi connectivity index (χ2v) is 6.61. The van der Waals surface area contributed by atoms with Gasteiger partial charge in [-0.3, -0.25) is 4.79 Å². The highest BCUT2D eigenvalue weighted by Crippen LogP contribution is 2.32. The van der Waals surface area contributed by atoms with Gasteiger partial charge in [-0.1, -0.05) is 33.3 Å². The zero-order chi connectivity index (χ0) is 14.7. The van der Waals surface area contributed by atoms with Crippen LogP contribution in [0.4, 0.5) is 0 Å². The monoisotopic (exact) mass is 267 g/mol. The first-order valence-electron chi connectivity index (χ1n) is 7.74. The minimum absolute atomic E-state index is 0.254. The fourth-order valence-electron chi connectivity index (χ4n) is 2.46. The van der Waals surface area contributed by atoms with Gasteiger partial charge in [0.2, 0.25) is 0 Å². The van der Waals surface area contributed by atoms with Crippen molar-refractivity contribution in [1.82, 2.24) is 0 Å². The van der Waals surface area contributed by atoms with E-state index in [9.17, 15) is 4.79 Å². The molecule has 0 radical (unpaired) electrons. The predicted octanol–water partition coefficient (Wildman–Crippen LogP) is 4.48. The molecular formula is C17H33NO. The summed E-state index contributed by atoms with van der Waals surface area (Å²) in [7, 11) is 0. The SMILES string of the molecule is C=CCCCCCC(=O)CCC(CCN)C(C)(C)C. The Hall–Kier alpha value is -0.630. The van der Waals surface area contributed by atoms with E-state index >= 15 is 0 Å². The summed E-state index contributed by atoms with van der Waals surface area (Å²) in [5, 5.41) is 0. The lowest BCUT2D eigenvalue weighted by Crippen LogP contribution is -2.24. The van der Waals surface area contributed by atoms with Crippen molar-refractivity contribution in [2.45, 2.75) is 72.1 Å². The van der Waals surface area contributed by atoms with Crippen LogP contribution in [-0.4, -0.2) is 12.3 Å². The molecule has 0 amide bonds. The quantitative estimate of drug-likeness (QED) is 0.443. The number of nitrogens with two attached hydrogens (primary N) is 1. The molecule has 0 bridgehead atoms. The van der Waals surface area contributed by atoms with Gasteiger partial charge in [0.25, 0.3) is 0 Å². The van der Waals surface area contributed by atoms with Gasteiger partial charge in [0.1, 0.15) is 5.78 Å². The lowest BCUT2D eigenvalue weighted by Gasteiger charge is -2.30. The highest BCUT2D eigenvalue weighted by molar-refractivity contribution is 5.78. The number of rotatable bonds is 11. The second kappa shape index (κ2) is 10.2. The Balaban J connectivity index is 3.83. The van der Waals surface area contributed by atoms with Crippen LogP contribution in [0.2, 0.25) is 0 Å². The maximum atomic E-state index is 11.9. The van der Waals surface area contributed by atoms with Crippen LogP contribution in [0.25, 0.3) is 0 Å². The largest absolute Gasteiger partial charge is 0.330 e. The van der Waals surface area contributed by atoms with Crippen LogP contribution in [-0.2, 0) is 4.79 Å². The van der Waals surface area contributed by atoms with Crippen LogP contribution in [0.1, 0.15) is 72.1 Å². The summed E-state index contributed by atoms with van der Waals surface area (Å²) >= 11 is 0. The number of allylic oxidation sites excluding steroid dienone is 1. The van der Waals surface area contributed by atoms with Gasteiger partial charge in [-0.25, -0.2) is 0 Å². The van der Waals surface area contributed by atoms with E-state index in [0.717, 1.165) is 57.9 Å². The lowest BCUT2D eigenvalue weighted by atomic mass is 9.76. The van der Waals surface area contributed by atoms with Gasteiger partial charge in [-0.2, -0.15) is 0 Å². The summed E-state index contributed by atoms with van der Waals surface area (Å²) in [5.41, 5.74) is 5.92. The Morgan fingerprint density at radius 1 is 1.16 bits per heavy atom. The molecule has 2 nitrogen and oxygen atoms in total. The third-order valence-corrected chi connectivity index (χ3v) is 3.88. The van der Waals surface area contributed by atoms with Gasteiger partial charge in [0.15, 0.2) is 0 Å². The van der Waals surface area contributed by atoms with Gasteiger partial charge in [0, 0.05) is 12.8 Å². The number of carbonyl (C=O) groups is 1. The van der Waals surface area contributed by atoms with Crippen molar-refractivity contribution in [2.24, 2.45) is 17.1 Å². The van der Waals surface area contributed by atoms with E-state index in [-0.39, 0.29) is 5.41 Å². The van der Waals surface area contributed by atoms with E-state index in [2.05, 4.69) is 27.4 Å². The summed E-state index contributed by atoms with van der Waals surface area (Å²) < 4.78 is 0. The summed E-state index contributed by atoms with van der Waals surface area (Å²) in [6, 6.07) is 0. The molecule has 0 saturated carbocycles. The molecule has 2 N–H and O–H groups in total. The number of carbonyl (C=O) groups excluding carboxylic acids is 1. The molecule has 0 aromatic carbocycles. The van der Waals surface area contributed by atoms with E-state index in [1.165, 1.54) is 0 Å². The van der Waals surface area contributed by atoms with E-state index in [4.69, 9.17) is 5.73 Å². The van der Waals surface area contributed by atoms with Gasteiger partial charge < -0.3 is 5.73 Å². The van der Waals surface area contributed by atoms with E-state index in [0.29, 0.717) is 11.7 Å². The topological polar surface area (TPSA) is 43.1 Å². The fraction of sp³-hybridized carbons (Fsp3) is 0.824. The first kappa shape index (κ1) is 18.4. The highest BCUT2D eigenvalue weighted by Gasteiger charge is 2.24. The molecule has 2 heteroatoms. The number of unbranched alkanes of at least 4 members (excludes halogenated alkanes) is 3. The van der Waals surface area contributed by atoms with E-state index in [1.807, 2.05) is 6.08 Å². The van der Waals surface area contributed by atoms with Crippen LogP contribution >= 0.6 is 0 Å². The first-order valence-corrected chi connectivity index (χ1v) is 7.74. The number of ketones is 1. The molecule has 1 atom stereocenters. The predicted molar refractivity (Wildman–Crippen MR) is 84.1 cm³/mol. The van der Waals surface area contributed by atoms with Crippen molar-refractivity contribution in [3.8, 4) is 0 Å². The molecule has 0 rings (SSSR count). The Bertz CT molecular complexity index is 252. The van der Waals surface area contributed by atoms with E-state index < -0.39 is 0 Å². The van der Waals surface area contributed by atoms with Crippen molar-refractivity contribution >= 4 is 5.78 Å². The maximum Gasteiger partial charge on any atom is 0.132 e. The minimum Gasteiger partial charge on any atom is -0.330 e. The maximum absolute atomic E-state index is 11.9. The second-order valence-electron chi connectivity index (χ2n) is 6.61. The summed E-state index contributed by atoms with van der Waals surface area (Å²) in [4.78, 5) is 11.9. The Morgan fingerprint density at radius 3 is 2.37 bits per heavy atom.